The summed E-state index contributed by atoms with van der Waals surface area (Å²) in [5, 5.41) is 5.72. The van der Waals surface area contributed by atoms with E-state index in [4.69, 9.17) is 4.74 Å². The van der Waals surface area contributed by atoms with Crippen LogP contribution in [0, 0.1) is 5.92 Å². The molecule has 9 heteroatoms. The van der Waals surface area contributed by atoms with E-state index >= 15 is 0 Å². The summed E-state index contributed by atoms with van der Waals surface area (Å²) in [5.41, 5.74) is 0.464. The van der Waals surface area contributed by atoms with Gasteiger partial charge in [0.2, 0.25) is 21.8 Å². The number of nitrogens with zero attached hydrogens (tertiary/aromatic N) is 1. The quantitative estimate of drug-likeness (QED) is 0.649. The molecule has 0 saturated carbocycles. The van der Waals surface area contributed by atoms with E-state index in [0.29, 0.717) is 44.6 Å². The largest absolute Gasteiger partial charge is 0.381 e. The highest BCUT2D eigenvalue weighted by molar-refractivity contribution is 7.89. The van der Waals surface area contributed by atoms with Crippen molar-refractivity contribution in [2.45, 2.75) is 62.6 Å². The zero-order valence-electron chi connectivity index (χ0n) is 18.0. The minimum atomic E-state index is -3.77. The van der Waals surface area contributed by atoms with E-state index in [0.717, 1.165) is 0 Å². The number of piperidine rings is 1. The molecule has 0 spiro atoms. The highest BCUT2D eigenvalue weighted by atomic mass is 32.2. The lowest BCUT2D eigenvalue weighted by Crippen LogP contribution is -2.54. The molecule has 2 N–H and O–H groups in total. The fourth-order valence-corrected chi connectivity index (χ4v) is 6.36. The van der Waals surface area contributed by atoms with Crippen LogP contribution >= 0.6 is 0 Å². The second-order valence-corrected chi connectivity index (χ2v) is 10.2. The summed E-state index contributed by atoms with van der Waals surface area (Å²) in [4.78, 5) is 24.3. The van der Waals surface area contributed by atoms with Gasteiger partial charge in [-0.1, -0.05) is 12.6 Å². The molecule has 2 saturated heterocycles. The third-order valence-corrected chi connectivity index (χ3v) is 8.05. The Morgan fingerprint density at radius 2 is 1.81 bits per heavy atom. The van der Waals surface area contributed by atoms with E-state index in [2.05, 4.69) is 17.2 Å². The van der Waals surface area contributed by atoms with Gasteiger partial charge in [0.15, 0.2) is 0 Å². The molecule has 170 valence electrons. The van der Waals surface area contributed by atoms with Crippen LogP contribution in [0.1, 0.15) is 39.5 Å². The minimum absolute atomic E-state index is 0.105. The van der Waals surface area contributed by atoms with Gasteiger partial charge in [0, 0.05) is 42.9 Å². The van der Waals surface area contributed by atoms with Gasteiger partial charge in [-0.2, -0.15) is 4.31 Å². The van der Waals surface area contributed by atoms with Crippen LogP contribution in [0.25, 0.3) is 0 Å². The summed E-state index contributed by atoms with van der Waals surface area (Å²) in [6.45, 7) is 8.27. The van der Waals surface area contributed by atoms with Crippen molar-refractivity contribution in [3.63, 3.8) is 0 Å². The summed E-state index contributed by atoms with van der Waals surface area (Å²) < 4.78 is 33.6. The van der Waals surface area contributed by atoms with E-state index in [1.165, 1.54) is 16.4 Å². The number of benzene rings is 1. The Labute approximate surface area is 184 Å². The van der Waals surface area contributed by atoms with Crippen LogP contribution < -0.4 is 10.6 Å². The first-order valence-electron chi connectivity index (χ1n) is 10.7. The Balaban J connectivity index is 1.74. The summed E-state index contributed by atoms with van der Waals surface area (Å²) in [6.07, 6.45) is 3.58. The number of rotatable bonds is 6. The smallest absolute Gasteiger partial charge is 0.243 e. The topological polar surface area (TPSA) is 105 Å². The second-order valence-electron chi connectivity index (χ2n) is 8.32. The lowest BCUT2D eigenvalue weighted by molar-refractivity contribution is -0.122. The first-order chi connectivity index (χ1) is 14.7. The number of hydrogen-bond acceptors (Lipinski definition) is 5. The Bertz CT molecular complexity index is 915. The minimum Gasteiger partial charge on any atom is -0.381 e. The predicted molar refractivity (Wildman–Crippen MR) is 118 cm³/mol. The van der Waals surface area contributed by atoms with Gasteiger partial charge in [0.1, 0.15) is 0 Å². The van der Waals surface area contributed by atoms with Gasteiger partial charge in [-0.05, 0) is 63.8 Å². The third-order valence-electron chi connectivity index (χ3n) is 5.92. The number of anilines is 1. The van der Waals surface area contributed by atoms with Crippen molar-refractivity contribution in [3.05, 3.63) is 36.9 Å². The SMILES string of the molecule is C=CC(=O)NC1CC(C)N(S(=O)(=O)c2cccc(NC(=O)C3CCOCC3)c2)C(C)C1. The van der Waals surface area contributed by atoms with Crippen molar-refractivity contribution in [1.29, 1.82) is 0 Å². The first kappa shape index (κ1) is 23.4. The average Bonchev–Trinajstić information content (AvgIpc) is 2.73. The Kier molecular flexibility index (Phi) is 7.51. The summed E-state index contributed by atoms with van der Waals surface area (Å²) in [7, 11) is -3.77. The molecule has 0 bridgehead atoms. The lowest BCUT2D eigenvalue weighted by atomic mass is 9.95. The number of amides is 2. The van der Waals surface area contributed by atoms with Crippen molar-refractivity contribution in [2.75, 3.05) is 18.5 Å². The monoisotopic (exact) mass is 449 g/mol. The molecular weight excluding hydrogens is 418 g/mol. The van der Waals surface area contributed by atoms with Crippen LogP contribution in [-0.4, -0.2) is 55.9 Å². The molecule has 2 fully saturated rings. The third kappa shape index (κ3) is 5.53. The standard InChI is InChI=1S/C22H31N3O5S/c1-4-21(26)23-19-12-15(2)25(16(3)13-19)31(28,29)20-7-5-6-18(14-20)24-22(27)17-8-10-30-11-9-17/h4-7,14-17,19H,1,8-13H2,2-3H3,(H,23,26)(H,24,27). The van der Waals surface area contributed by atoms with Crippen molar-refractivity contribution in [3.8, 4) is 0 Å². The van der Waals surface area contributed by atoms with E-state index in [-0.39, 0.29) is 40.8 Å². The fourth-order valence-electron chi connectivity index (χ4n) is 4.47. The van der Waals surface area contributed by atoms with Crippen LogP contribution in [0.5, 0.6) is 0 Å². The maximum absolute atomic E-state index is 13.4. The van der Waals surface area contributed by atoms with E-state index in [1.807, 2.05) is 13.8 Å². The molecule has 2 amide bonds. The molecular formula is C22H31N3O5S. The molecule has 0 radical (unpaired) electrons. The molecule has 31 heavy (non-hydrogen) atoms. The van der Waals surface area contributed by atoms with Crippen molar-refractivity contribution < 1.29 is 22.7 Å². The molecule has 2 aliphatic rings. The van der Waals surface area contributed by atoms with Gasteiger partial charge >= 0.3 is 0 Å². The van der Waals surface area contributed by atoms with Crippen molar-refractivity contribution in [1.82, 2.24) is 9.62 Å². The van der Waals surface area contributed by atoms with Crippen LogP contribution in [-0.2, 0) is 24.3 Å². The Hall–Kier alpha value is -2.23. The molecule has 2 unspecified atom stereocenters. The molecule has 3 rings (SSSR count). The Morgan fingerprint density at radius 3 is 2.42 bits per heavy atom. The summed E-state index contributed by atoms with van der Waals surface area (Å²) >= 11 is 0. The number of ether oxygens (including phenoxy) is 1. The zero-order chi connectivity index (χ0) is 22.6. The van der Waals surface area contributed by atoms with Gasteiger partial charge in [-0.3, -0.25) is 9.59 Å². The number of carbonyl (C=O) groups excluding carboxylic acids is 2. The number of carbonyl (C=O) groups is 2. The molecule has 0 aromatic heterocycles. The highest BCUT2D eigenvalue weighted by Crippen LogP contribution is 2.31. The molecule has 2 heterocycles. The maximum Gasteiger partial charge on any atom is 0.243 e. The van der Waals surface area contributed by atoms with E-state index in [1.54, 1.807) is 18.2 Å². The summed E-state index contributed by atoms with van der Waals surface area (Å²) in [5.74, 6) is -0.495. The average molecular weight is 450 g/mol. The van der Waals surface area contributed by atoms with Gasteiger partial charge in [0.05, 0.1) is 4.90 Å². The van der Waals surface area contributed by atoms with Gasteiger partial charge in [0.25, 0.3) is 0 Å². The number of hydrogen-bond donors (Lipinski definition) is 2. The van der Waals surface area contributed by atoms with Crippen LogP contribution in [0.15, 0.2) is 41.8 Å². The van der Waals surface area contributed by atoms with E-state index in [9.17, 15) is 18.0 Å². The molecule has 1 aromatic rings. The number of nitrogens with one attached hydrogen (secondary N) is 2. The number of sulfonamides is 1. The van der Waals surface area contributed by atoms with Crippen LogP contribution in [0.2, 0.25) is 0 Å². The zero-order valence-corrected chi connectivity index (χ0v) is 18.9. The molecule has 2 aliphatic heterocycles. The maximum atomic E-state index is 13.4. The molecule has 2 atom stereocenters. The van der Waals surface area contributed by atoms with E-state index < -0.39 is 10.0 Å². The van der Waals surface area contributed by atoms with Crippen LogP contribution in [0.4, 0.5) is 5.69 Å². The van der Waals surface area contributed by atoms with Gasteiger partial charge in [-0.15, -0.1) is 0 Å². The van der Waals surface area contributed by atoms with Crippen molar-refractivity contribution in [2.24, 2.45) is 5.92 Å². The van der Waals surface area contributed by atoms with Crippen LogP contribution in [0.3, 0.4) is 0 Å². The van der Waals surface area contributed by atoms with Gasteiger partial charge in [-0.25, -0.2) is 8.42 Å². The first-order valence-corrected chi connectivity index (χ1v) is 12.1. The van der Waals surface area contributed by atoms with Gasteiger partial charge < -0.3 is 15.4 Å². The normalized spacial score (nSPS) is 25.5. The summed E-state index contributed by atoms with van der Waals surface area (Å²) in [6, 6.07) is 5.71. The highest BCUT2D eigenvalue weighted by Gasteiger charge is 2.39. The second kappa shape index (κ2) is 9.93. The molecule has 8 nitrogen and oxygen atoms in total. The Morgan fingerprint density at radius 1 is 1.16 bits per heavy atom. The van der Waals surface area contributed by atoms with Crippen molar-refractivity contribution >= 4 is 27.5 Å². The fraction of sp³-hybridized carbons (Fsp3) is 0.545. The molecule has 1 aromatic carbocycles. The molecule has 0 aliphatic carbocycles. The predicted octanol–water partition coefficient (Wildman–Crippen LogP) is 2.28. The lowest BCUT2D eigenvalue weighted by Gasteiger charge is -2.41.